The summed E-state index contributed by atoms with van der Waals surface area (Å²) in [4.78, 5) is 2.44. The third kappa shape index (κ3) is 3.89. The first kappa shape index (κ1) is 16.1. The number of nitrogens with zero attached hydrogens (tertiary/aromatic N) is 1. The fraction of sp³-hybridized carbons (Fsp3) is 0.647. The highest BCUT2D eigenvalue weighted by atomic mass is 16.5. The maximum Gasteiger partial charge on any atom is 0.160 e. The van der Waals surface area contributed by atoms with Gasteiger partial charge in [-0.15, -0.1) is 0 Å². The van der Waals surface area contributed by atoms with E-state index in [-0.39, 0.29) is 6.61 Å². The minimum atomic E-state index is 0.260. The van der Waals surface area contributed by atoms with Crippen molar-refractivity contribution in [3.8, 4) is 11.5 Å². The van der Waals surface area contributed by atoms with Crippen molar-refractivity contribution < 1.29 is 14.6 Å². The van der Waals surface area contributed by atoms with Crippen LogP contribution in [0, 0.1) is 0 Å². The van der Waals surface area contributed by atoms with Gasteiger partial charge < -0.3 is 14.6 Å². The normalized spacial score (nSPS) is 21.0. The average Bonchev–Trinajstić information content (AvgIpc) is 2.54. The Bertz CT molecular complexity index is 450. The number of ether oxygens (including phenoxy) is 2. The fourth-order valence-corrected chi connectivity index (χ4v) is 3.27. The minimum absolute atomic E-state index is 0.260. The Morgan fingerprint density at radius 2 is 2.00 bits per heavy atom. The van der Waals surface area contributed by atoms with E-state index in [1.54, 1.807) is 14.2 Å². The molecule has 21 heavy (non-hydrogen) atoms. The number of benzene rings is 1. The average molecular weight is 293 g/mol. The van der Waals surface area contributed by atoms with Gasteiger partial charge in [0, 0.05) is 12.1 Å². The molecule has 0 saturated carbocycles. The SMILES string of the molecule is COc1ccc(CC(C)N2CCCCC2CO)cc1OC. The lowest BCUT2D eigenvalue weighted by Gasteiger charge is -2.39. The zero-order valence-electron chi connectivity index (χ0n) is 13.3. The molecule has 1 heterocycles. The summed E-state index contributed by atoms with van der Waals surface area (Å²) in [6.07, 6.45) is 4.52. The van der Waals surface area contributed by atoms with Crippen LogP contribution in [0.4, 0.5) is 0 Å². The number of piperidine rings is 1. The number of methoxy groups -OCH3 is 2. The van der Waals surface area contributed by atoms with Crippen molar-refractivity contribution in [3.05, 3.63) is 23.8 Å². The van der Waals surface area contributed by atoms with Crippen molar-refractivity contribution >= 4 is 0 Å². The van der Waals surface area contributed by atoms with E-state index in [1.807, 2.05) is 12.1 Å². The monoisotopic (exact) mass is 293 g/mol. The van der Waals surface area contributed by atoms with Gasteiger partial charge in [0.05, 0.1) is 20.8 Å². The third-order valence-corrected chi connectivity index (χ3v) is 4.43. The van der Waals surface area contributed by atoms with Gasteiger partial charge in [0.2, 0.25) is 0 Å². The van der Waals surface area contributed by atoms with Crippen molar-refractivity contribution in [2.45, 2.75) is 44.7 Å². The van der Waals surface area contributed by atoms with Crippen LogP contribution < -0.4 is 9.47 Å². The summed E-state index contributed by atoms with van der Waals surface area (Å²) < 4.78 is 10.6. The molecule has 1 aromatic rings. The summed E-state index contributed by atoms with van der Waals surface area (Å²) in [5.74, 6) is 1.54. The van der Waals surface area contributed by atoms with Crippen LogP contribution in [0.5, 0.6) is 11.5 Å². The van der Waals surface area contributed by atoms with E-state index >= 15 is 0 Å². The summed E-state index contributed by atoms with van der Waals surface area (Å²) in [7, 11) is 3.32. The molecule has 1 fully saturated rings. The highest BCUT2D eigenvalue weighted by Gasteiger charge is 2.26. The lowest BCUT2D eigenvalue weighted by molar-refractivity contribution is 0.0592. The fourth-order valence-electron chi connectivity index (χ4n) is 3.27. The first-order chi connectivity index (χ1) is 10.2. The van der Waals surface area contributed by atoms with E-state index in [1.165, 1.54) is 18.4 Å². The van der Waals surface area contributed by atoms with Gasteiger partial charge >= 0.3 is 0 Å². The van der Waals surface area contributed by atoms with Crippen LogP contribution in [-0.4, -0.2) is 49.5 Å². The molecule has 118 valence electrons. The van der Waals surface area contributed by atoms with E-state index in [4.69, 9.17) is 9.47 Å². The third-order valence-electron chi connectivity index (χ3n) is 4.43. The highest BCUT2D eigenvalue weighted by Crippen LogP contribution is 2.29. The molecule has 4 nitrogen and oxygen atoms in total. The summed E-state index contributed by atoms with van der Waals surface area (Å²) in [5, 5.41) is 9.55. The molecule has 2 rings (SSSR count). The lowest BCUT2D eigenvalue weighted by atomic mass is 9.97. The Labute approximate surface area is 127 Å². The molecule has 0 spiro atoms. The van der Waals surface area contributed by atoms with Crippen LogP contribution in [0.25, 0.3) is 0 Å². The van der Waals surface area contributed by atoms with Gasteiger partial charge in [0.1, 0.15) is 0 Å². The molecule has 1 aliphatic heterocycles. The van der Waals surface area contributed by atoms with Gasteiger partial charge in [-0.2, -0.15) is 0 Å². The minimum Gasteiger partial charge on any atom is -0.493 e. The molecule has 2 atom stereocenters. The van der Waals surface area contributed by atoms with Gasteiger partial charge in [-0.3, -0.25) is 4.90 Å². The molecule has 0 aromatic heterocycles. The second-order valence-electron chi connectivity index (χ2n) is 5.81. The maximum absolute atomic E-state index is 9.55. The largest absolute Gasteiger partial charge is 0.493 e. The molecule has 4 heteroatoms. The molecule has 1 N–H and O–H groups in total. The molecule has 0 bridgehead atoms. The van der Waals surface area contributed by atoms with Crippen molar-refractivity contribution in [2.24, 2.45) is 0 Å². The van der Waals surface area contributed by atoms with E-state index < -0.39 is 0 Å². The van der Waals surface area contributed by atoms with E-state index in [9.17, 15) is 5.11 Å². The Morgan fingerprint density at radius 3 is 2.67 bits per heavy atom. The van der Waals surface area contributed by atoms with Crippen molar-refractivity contribution in [1.29, 1.82) is 0 Å². The molecule has 2 unspecified atom stereocenters. The van der Waals surface area contributed by atoms with Crippen LogP contribution in [0.2, 0.25) is 0 Å². The standard InChI is InChI=1S/C17H27NO3/c1-13(18-9-5-4-6-15(18)12-19)10-14-7-8-16(20-2)17(11-14)21-3/h7-8,11,13,15,19H,4-6,9-10,12H2,1-3H3. The van der Waals surface area contributed by atoms with Crippen LogP contribution in [0.3, 0.4) is 0 Å². The molecule has 1 saturated heterocycles. The zero-order valence-corrected chi connectivity index (χ0v) is 13.3. The summed E-state index contributed by atoms with van der Waals surface area (Å²) >= 11 is 0. The zero-order chi connectivity index (χ0) is 15.2. The first-order valence-electron chi connectivity index (χ1n) is 7.77. The molecular formula is C17H27NO3. The van der Waals surface area contributed by atoms with Crippen LogP contribution in [-0.2, 0) is 6.42 Å². The van der Waals surface area contributed by atoms with Gasteiger partial charge in [0.15, 0.2) is 11.5 Å². The lowest BCUT2D eigenvalue weighted by Crippen LogP contribution is -2.47. The second kappa shape index (κ2) is 7.66. The summed E-state index contributed by atoms with van der Waals surface area (Å²) in [6.45, 7) is 3.58. The molecule has 0 aliphatic carbocycles. The maximum atomic E-state index is 9.55. The number of hydrogen-bond acceptors (Lipinski definition) is 4. The smallest absolute Gasteiger partial charge is 0.160 e. The van der Waals surface area contributed by atoms with Gasteiger partial charge in [-0.1, -0.05) is 12.5 Å². The number of rotatable bonds is 6. The van der Waals surface area contributed by atoms with Gasteiger partial charge in [0.25, 0.3) is 0 Å². The Balaban J connectivity index is 2.06. The van der Waals surface area contributed by atoms with Crippen molar-refractivity contribution in [3.63, 3.8) is 0 Å². The van der Waals surface area contributed by atoms with Gasteiger partial charge in [-0.25, -0.2) is 0 Å². The topological polar surface area (TPSA) is 41.9 Å². The first-order valence-corrected chi connectivity index (χ1v) is 7.77. The Hall–Kier alpha value is -1.26. The number of aliphatic hydroxyl groups is 1. The highest BCUT2D eigenvalue weighted by molar-refractivity contribution is 5.43. The molecule has 1 aromatic carbocycles. The quantitative estimate of drug-likeness (QED) is 0.875. The van der Waals surface area contributed by atoms with Crippen molar-refractivity contribution in [1.82, 2.24) is 4.90 Å². The molecule has 0 amide bonds. The van der Waals surface area contributed by atoms with E-state index in [0.717, 1.165) is 30.9 Å². The Morgan fingerprint density at radius 1 is 1.24 bits per heavy atom. The predicted molar refractivity (Wildman–Crippen MR) is 84.1 cm³/mol. The van der Waals surface area contributed by atoms with E-state index in [2.05, 4.69) is 17.9 Å². The number of hydrogen-bond donors (Lipinski definition) is 1. The predicted octanol–water partition coefficient (Wildman–Crippen LogP) is 2.48. The van der Waals surface area contributed by atoms with E-state index in [0.29, 0.717) is 12.1 Å². The van der Waals surface area contributed by atoms with Crippen LogP contribution in [0.15, 0.2) is 18.2 Å². The Kier molecular flexibility index (Phi) is 5.88. The molecule has 0 radical (unpaired) electrons. The van der Waals surface area contributed by atoms with Crippen LogP contribution in [0.1, 0.15) is 31.7 Å². The number of likely N-dealkylation sites (tertiary alicyclic amines) is 1. The van der Waals surface area contributed by atoms with Crippen molar-refractivity contribution in [2.75, 3.05) is 27.4 Å². The molecular weight excluding hydrogens is 266 g/mol. The summed E-state index contributed by atoms with van der Waals surface area (Å²) in [5.41, 5.74) is 1.24. The number of aliphatic hydroxyl groups excluding tert-OH is 1. The van der Waals surface area contributed by atoms with Crippen LogP contribution >= 0.6 is 0 Å². The van der Waals surface area contributed by atoms with Gasteiger partial charge in [-0.05, 0) is 50.4 Å². The molecule has 1 aliphatic rings. The summed E-state index contributed by atoms with van der Waals surface area (Å²) in [6, 6.07) is 6.83. The second-order valence-corrected chi connectivity index (χ2v) is 5.81.